The van der Waals surface area contributed by atoms with E-state index in [9.17, 15) is 48.6 Å². The molecule has 4 heterocycles. The number of hydrogen-bond acceptors (Lipinski definition) is 13. The highest BCUT2D eigenvalue weighted by molar-refractivity contribution is 5.98. The quantitative estimate of drug-likeness (QED) is 0.0227. The number of carbonyl (C=O) groups is 8. The Balaban J connectivity index is 1.39. The second-order valence-corrected chi connectivity index (χ2v) is 18.9. The topological polar surface area (TPSA) is 470 Å². The molecule has 0 saturated carbocycles. The number of carbonyl (C=O) groups excluding carboxylic acids is 7. The van der Waals surface area contributed by atoms with E-state index in [2.05, 4.69) is 41.2 Å². The van der Waals surface area contributed by atoms with Crippen LogP contribution in [0.4, 0.5) is 0 Å². The van der Waals surface area contributed by atoms with Gasteiger partial charge in [0.05, 0.1) is 6.61 Å². The zero-order valence-corrected chi connectivity index (χ0v) is 42.0. The lowest BCUT2D eigenvalue weighted by atomic mass is 10.0. The number of guanidine groups is 3. The number of aromatic nitrogens is 1. The Morgan fingerprint density at radius 1 is 0.613 bits per heavy atom. The van der Waals surface area contributed by atoms with E-state index in [1.54, 1.807) is 6.20 Å². The fraction of sp³-hybridized carbons (Fsp3) is 0.596. The number of para-hydroxylation sites is 1. The zero-order chi connectivity index (χ0) is 54.8. The number of carboxylic acids is 1. The van der Waals surface area contributed by atoms with Gasteiger partial charge in [0, 0.05) is 62.8 Å². The monoisotopic (exact) mass is 1050 g/mol. The largest absolute Gasteiger partial charge is 0.480 e. The van der Waals surface area contributed by atoms with Gasteiger partial charge in [-0.3, -0.25) is 48.5 Å². The molecule has 28 nitrogen and oxygen atoms in total. The van der Waals surface area contributed by atoms with Crippen molar-refractivity contribution in [2.75, 3.05) is 45.9 Å². The van der Waals surface area contributed by atoms with Crippen LogP contribution < -0.4 is 61.4 Å². The van der Waals surface area contributed by atoms with Crippen molar-refractivity contribution in [3.05, 3.63) is 36.0 Å². The number of likely N-dealkylation sites (tertiary alicyclic amines) is 3. The smallest absolute Gasteiger partial charge is 0.326 e. The maximum Gasteiger partial charge on any atom is 0.326 e. The molecule has 21 N–H and O–H groups in total. The van der Waals surface area contributed by atoms with Crippen LogP contribution in [0.3, 0.4) is 0 Å². The number of benzene rings is 1. The molecular formula is C47H74N18O10. The first-order valence-electron chi connectivity index (χ1n) is 25.2. The molecule has 1 aromatic heterocycles. The van der Waals surface area contributed by atoms with Gasteiger partial charge in [-0.1, -0.05) is 18.2 Å². The summed E-state index contributed by atoms with van der Waals surface area (Å²) in [6, 6.07) is -2.16. The van der Waals surface area contributed by atoms with Crippen molar-refractivity contribution < 1.29 is 48.6 Å². The minimum Gasteiger partial charge on any atom is -0.480 e. The molecule has 3 aliphatic rings. The van der Waals surface area contributed by atoms with Gasteiger partial charge in [-0.15, -0.1) is 0 Å². The number of carboxylic acid groups (broad SMARTS) is 1. The van der Waals surface area contributed by atoms with Crippen LogP contribution in [0.15, 0.2) is 45.4 Å². The van der Waals surface area contributed by atoms with Crippen molar-refractivity contribution >= 4 is 76.1 Å². The van der Waals surface area contributed by atoms with Crippen molar-refractivity contribution in [3.63, 3.8) is 0 Å². The van der Waals surface area contributed by atoms with Gasteiger partial charge in [0.15, 0.2) is 17.9 Å². The molecule has 8 atom stereocenters. The number of fused-ring (bicyclic) bond motifs is 1. The lowest BCUT2D eigenvalue weighted by molar-refractivity contribution is -0.147. The summed E-state index contributed by atoms with van der Waals surface area (Å²) in [7, 11) is 0. The average molecular weight is 1050 g/mol. The number of hydrogen-bond donors (Lipinski definition) is 14. The van der Waals surface area contributed by atoms with E-state index in [0.29, 0.717) is 31.2 Å². The van der Waals surface area contributed by atoms with Crippen LogP contribution in [-0.2, 0) is 44.8 Å². The summed E-state index contributed by atoms with van der Waals surface area (Å²) in [5.74, 6) is -6.46. The Morgan fingerprint density at radius 3 is 1.57 bits per heavy atom. The standard InChI is InChI=1S/C47H74N18O10/c48-28(25-66)41(71)65-22-8-16-36(65)43(73)64-21-7-15-35(64)40(70)60-31(12-4-18-56-46(51)52)38(68)62-33(23-26-24-58-29-10-2-1-9-27(26)29)42(72)63-20-6-14-34(63)39(69)59-30(11-3-17-55-45(49)50)37(67)61-32(44(74)75)13-5-19-57-47(53)54/h1-2,9-10,24,28,30-36,58,66H,3-8,11-23,25,48H2,(H,59,69)(H,60,70)(H,61,67)(H,62,68)(H,74,75)(H4,49,50,55)(H4,51,52,56)(H4,53,54,57). The lowest BCUT2D eigenvalue weighted by Gasteiger charge is -2.33. The van der Waals surface area contributed by atoms with Crippen LogP contribution in [-0.4, -0.2) is 189 Å². The molecule has 0 aliphatic carbocycles. The van der Waals surface area contributed by atoms with E-state index in [0.717, 1.165) is 10.9 Å². The van der Waals surface area contributed by atoms with E-state index < -0.39 is 102 Å². The summed E-state index contributed by atoms with van der Waals surface area (Å²) in [4.78, 5) is 130. The Kier molecular flexibility index (Phi) is 21.8. The van der Waals surface area contributed by atoms with Gasteiger partial charge in [0.1, 0.15) is 48.3 Å². The van der Waals surface area contributed by atoms with Crippen LogP contribution >= 0.6 is 0 Å². The molecule has 0 radical (unpaired) electrons. The number of aliphatic carboxylic acids is 1. The van der Waals surface area contributed by atoms with Gasteiger partial charge >= 0.3 is 5.97 Å². The Labute approximate surface area is 433 Å². The number of nitrogens with one attached hydrogen (secondary N) is 5. The summed E-state index contributed by atoms with van der Waals surface area (Å²) < 4.78 is 0. The highest BCUT2D eigenvalue weighted by atomic mass is 16.4. The highest BCUT2D eigenvalue weighted by Crippen LogP contribution is 2.27. The Morgan fingerprint density at radius 2 is 1.07 bits per heavy atom. The normalized spacial score (nSPS) is 19.2. The lowest BCUT2D eigenvalue weighted by Crippen LogP contribution is -2.60. The van der Waals surface area contributed by atoms with Crippen molar-refractivity contribution in [1.29, 1.82) is 0 Å². The summed E-state index contributed by atoms with van der Waals surface area (Å²) >= 11 is 0. The summed E-state index contributed by atoms with van der Waals surface area (Å²) in [5, 5.41) is 31.1. The number of aliphatic imine (C=N–C) groups is 3. The maximum absolute atomic E-state index is 15.0. The number of nitrogens with zero attached hydrogens (tertiary/aromatic N) is 6. The molecule has 0 spiro atoms. The van der Waals surface area contributed by atoms with Crippen LogP contribution in [0, 0.1) is 0 Å². The molecule has 75 heavy (non-hydrogen) atoms. The third kappa shape index (κ3) is 16.4. The molecule has 8 unspecified atom stereocenters. The molecule has 0 bridgehead atoms. The molecule has 412 valence electrons. The number of aromatic amines is 1. The van der Waals surface area contributed by atoms with Gasteiger partial charge in [-0.25, -0.2) is 4.79 Å². The van der Waals surface area contributed by atoms with Crippen LogP contribution in [0.5, 0.6) is 0 Å². The second-order valence-electron chi connectivity index (χ2n) is 18.9. The van der Waals surface area contributed by atoms with Crippen molar-refractivity contribution in [1.82, 2.24) is 41.0 Å². The molecule has 2 aromatic rings. The third-order valence-corrected chi connectivity index (χ3v) is 13.4. The number of aliphatic hydroxyl groups is 1. The van der Waals surface area contributed by atoms with Gasteiger partial charge in [-0.2, -0.15) is 0 Å². The Hall–Kier alpha value is -7.75. The molecule has 3 aliphatic heterocycles. The van der Waals surface area contributed by atoms with Crippen molar-refractivity contribution in [2.45, 2.75) is 132 Å². The molecule has 7 amide bonds. The minimum absolute atomic E-state index is 0.00659. The van der Waals surface area contributed by atoms with E-state index in [-0.39, 0.29) is 115 Å². The molecular weight excluding hydrogens is 977 g/mol. The van der Waals surface area contributed by atoms with Gasteiger partial charge in [-0.05, 0) is 88.7 Å². The molecule has 1 aromatic carbocycles. The van der Waals surface area contributed by atoms with E-state index in [4.69, 9.17) is 40.1 Å². The predicted octanol–water partition coefficient (Wildman–Crippen LogP) is -4.81. The molecule has 3 saturated heterocycles. The predicted molar refractivity (Wildman–Crippen MR) is 276 cm³/mol. The maximum atomic E-state index is 15.0. The van der Waals surface area contributed by atoms with Gasteiger partial charge < -0.3 is 91.3 Å². The second kappa shape index (κ2) is 28.1. The van der Waals surface area contributed by atoms with Gasteiger partial charge in [0.25, 0.3) is 0 Å². The first-order chi connectivity index (χ1) is 35.8. The van der Waals surface area contributed by atoms with Gasteiger partial charge in [0.2, 0.25) is 41.4 Å². The Bertz CT molecular complexity index is 2440. The average Bonchev–Trinajstić information content (AvgIpc) is 4.23. The van der Waals surface area contributed by atoms with Crippen LogP contribution in [0.1, 0.15) is 82.6 Å². The first-order valence-corrected chi connectivity index (χ1v) is 25.2. The number of aliphatic hydroxyl groups excluding tert-OH is 1. The van der Waals surface area contributed by atoms with Crippen LogP contribution in [0.25, 0.3) is 10.9 Å². The first kappa shape index (κ1) is 58.1. The highest BCUT2D eigenvalue weighted by Gasteiger charge is 2.44. The number of nitrogens with two attached hydrogens (primary N) is 7. The molecule has 28 heteroatoms. The summed E-state index contributed by atoms with van der Waals surface area (Å²) in [5.41, 5.74) is 40.1. The number of amides is 7. The van der Waals surface area contributed by atoms with E-state index in [1.165, 1.54) is 14.7 Å². The number of rotatable bonds is 27. The van der Waals surface area contributed by atoms with Crippen molar-refractivity contribution in [2.24, 2.45) is 55.1 Å². The number of H-pyrrole nitrogens is 1. The SMILES string of the molecule is NC(N)=NCCCC(NC(=O)C(CCCN=C(N)N)NC(=O)C1CCCN1C(=O)C(Cc1c[nH]c2ccccc12)NC(=O)C(CCCN=C(N)N)NC(=O)C1CCCN1C(=O)C1CCCN1C(=O)C(N)CO)C(=O)O. The fourth-order valence-electron chi connectivity index (χ4n) is 9.68. The van der Waals surface area contributed by atoms with Crippen LogP contribution in [0.2, 0.25) is 0 Å². The summed E-state index contributed by atoms with van der Waals surface area (Å²) in [6.07, 6.45) is 4.32. The van der Waals surface area contributed by atoms with E-state index >= 15 is 0 Å². The third-order valence-electron chi connectivity index (χ3n) is 13.4. The zero-order valence-electron chi connectivity index (χ0n) is 42.0. The van der Waals surface area contributed by atoms with Crippen molar-refractivity contribution in [3.8, 4) is 0 Å². The minimum atomic E-state index is -1.36. The molecule has 5 rings (SSSR count). The molecule has 3 fully saturated rings. The fourth-order valence-corrected chi connectivity index (χ4v) is 9.68. The van der Waals surface area contributed by atoms with E-state index in [1.807, 2.05) is 24.3 Å². The summed E-state index contributed by atoms with van der Waals surface area (Å²) in [6.45, 7) is 0.238.